The number of aliphatic carboxylic acids is 1. The highest BCUT2D eigenvalue weighted by Crippen LogP contribution is 2.29. The summed E-state index contributed by atoms with van der Waals surface area (Å²) in [4.78, 5) is 24.2. The van der Waals surface area contributed by atoms with E-state index in [1.165, 1.54) is 0 Å². The monoisotopic (exact) mass is 248 g/mol. The van der Waals surface area contributed by atoms with Crippen molar-refractivity contribution in [2.75, 3.05) is 23.3 Å². The van der Waals surface area contributed by atoms with Crippen LogP contribution in [0.1, 0.15) is 18.4 Å². The van der Waals surface area contributed by atoms with Crippen LogP contribution in [0.15, 0.2) is 18.2 Å². The molecule has 18 heavy (non-hydrogen) atoms. The van der Waals surface area contributed by atoms with Gasteiger partial charge in [-0.2, -0.15) is 0 Å². The lowest BCUT2D eigenvalue weighted by atomic mass is 10.1. The average molecular weight is 248 g/mol. The first kappa shape index (κ1) is 12.4. The molecule has 0 bridgehead atoms. The molecule has 0 saturated carbocycles. The summed E-state index contributed by atoms with van der Waals surface area (Å²) < 4.78 is 0. The van der Waals surface area contributed by atoms with Crippen molar-refractivity contribution in [3.05, 3.63) is 23.8 Å². The number of fused-ring (bicyclic) bond motifs is 1. The molecule has 1 amide bonds. The zero-order valence-corrected chi connectivity index (χ0v) is 10.3. The van der Waals surface area contributed by atoms with E-state index in [-0.39, 0.29) is 12.3 Å². The second-order valence-electron chi connectivity index (χ2n) is 4.45. The third-order valence-electron chi connectivity index (χ3n) is 2.97. The predicted molar refractivity (Wildman–Crippen MR) is 68.9 cm³/mol. The Hall–Kier alpha value is -2.04. The zero-order valence-electron chi connectivity index (χ0n) is 10.3. The van der Waals surface area contributed by atoms with Gasteiger partial charge in [0.1, 0.15) is 0 Å². The number of benzene rings is 1. The normalized spacial score (nSPS) is 14.7. The Balaban J connectivity index is 2.28. The molecule has 1 aromatic rings. The Morgan fingerprint density at radius 3 is 3.00 bits per heavy atom. The van der Waals surface area contributed by atoms with Crippen molar-refractivity contribution in [3.8, 4) is 0 Å². The highest BCUT2D eigenvalue weighted by molar-refractivity contribution is 5.96. The van der Waals surface area contributed by atoms with Gasteiger partial charge < -0.3 is 15.3 Å². The maximum atomic E-state index is 11.6. The minimum absolute atomic E-state index is 0.0297. The summed E-state index contributed by atoms with van der Waals surface area (Å²) >= 11 is 0. The maximum Gasteiger partial charge on any atom is 0.305 e. The molecule has 5 nitrogen and oxygen atoms in total. The van der Waals surface area contributed by atoms with E-state index in [2.05, 4.69) is 5.32 Å². The number of carbonyl (C=O) groups is 2. The van der Waals surface area contributed by atoms with Crippen molar-refractivity contribution < 1.29 is 14.7 Å². The number of rotatable bonds is 3. The van der Waals surface area contributed by atoms with E-state index in [1.54, 1.807) is 0 Å². The topological polar surface area (TPSA) is 69.6 Å². The van der Waals surface area contributed by atoms with Crippen LogP contribution in [0.25, 0.3) is 0 Å². The van der Waals surface area contributed by atoms with E-state index in [0.717, 1.165) is 16.9 Å². The molecule has 0 aromatic heterocycles. The Kier molecular flexibility index (Phi) is 3.50. The van der Waals surface area contributed by atoms with Crippen molar-refractivity contribution in [1.82, 2.24) is 0 Å². The van der Waals surface area contributed by atoms with Crippen molar-refractivity contribution in [3.63, 3.8) is 0 Å². The number of hydrogen-bond donors (Lipinski definition) is 2. The number of aryl methyl sites for hydroxylation is 1. The van der Waals surface area contributed by atoms with Gasteiger partial charge in [0.15, 0.2) is 0 Å². The van der Waals surface area contributed by atoms with Gasteiger partial charge in [0.05, 0.1) is 17.8 Å². The minimum Gasteiger partial charge on any atom is -0.481 e. The summed E-state index contributed by atoms with van der Waals surface area (Å²) in [6.07, 6.45) is 0.453. The molecule has 0 atom stereocenters. The van der Waals surface area contributed by atoms with Crippen LogP contribution >= 0.6 is 0 Å². The van der Waals surface area contributed by atoms with Gasteiger partial charge >= 0.3 is 5.97 Å². The molecule has 0 fully saturated rings. The van der Waals surface area contributed by atoms with Gasteiger partial charge in [0.25, 0.3) is 0 Å². The fraction of sp³-hybridized carbons (Fsp3) is 0.385. The van der Waals surface area contributed by atoms with Crippen LogP contribution in [0.5, 0.6) is 0 Å². The number of carbonyl (C=O) groups excluding carboxylic acids is 1. The Labute approximate surface area is 105 Å². The number of carboxylic acid groups (broad SMARTS) is 1. The number of anilines is 2. The Morgan fingerprint density at radius 2 is 2.28 bits per heavy atom. The standard InChI is InChI=1S/C13H16N2O3/c1-9-2-3-10-11(8-9)15(7-5-13(17)18)6-4-12(16)14-10/h2-3,8H,4-7H2,1H3,(H,14,16)(H,17,18). The lowest BCUT2D eigenvalue weighted by Crippen LogP contribution is -2.27. The van der Waals surface area contributed by atoms with E-state index in [0.29, 0.717) is 19.5 Å². The summed E-state index contributed by atoms with van der Waals surface area (Å²) in [5, 5.41) is 11.6. The quantitative estimate of drug-likeness (QED) is 0.852. The fourth-order valence-corrected chi connectivity index (χ4v) is 2.04. The van der Waals surface area contributed by atoms with Gasteiger partial charge in [-0.3, -0.25) is 9.59 Å². The predicted octanol–water partition coefficient (Wildman–Crippen LogP) is 1.62. The van der Waals surface area contributed by atoms with E-state index < -0.39 is 5.97 Å². The minimum atomic E-state index is -0.826. The molecular weight excluding hydrogens is 232 g/mol. The van der Waals surface area contributed by atoms with E-state index in [4.69, 9.17) is 5.11 Å². The number of amides is 1. The second-order valence-corrected chi connectivity index (χ2v) is 4.45. The molecule has 1 aliphatic rings. The number of hydrogen-bond acceptors (Lipinski definition) is 3. The molecule has 2 N–H and O–H groups in total. The molecular formula is C13H16N2O3. The molecule has 0 saturated heterocycles. The van der Waals surface area contributed by atoms with Gasteiger partial charge in [-0.1, -0.05) is 6.07 Å². The summed E-state index contributed by atoms with van der Waals surface area (Å²) in [5.41, 5.74) is 2.75. The first-order valence-electron chi connectivity index (χ1n) is 5.93. The molecule has 1 aromatic carbocycles. The average Bonchev–Trinajstić information content (AvgIpc) is 2.45. The number of carboxylic acids is 1. The van der Waals surface area contributed by atoms with E-state index in [1.807, 2.05) is 30.0 Å². The van der Waals surface area contributed by atoms with Crippen molar-refractivity contribution in [2.45, 2.75) is 19.8 Å². The highest BCUT2D eigenvalue weighted by Gasteiger charge is 2.19. The van der Waals surface area contributed by atoms with Crippen LogP contribution in [0.3, 0.4) is 0 Å². The SMILES string of the molecule is Cc1ccc2c(c1)N(CCC(=O)O)CCC(=O)N2. The van der Waals surface area contributed by atoms with E-state index >= 15 is 0 Å². The first-order chi connectivity index (χ1) is 8.56. The molecule has 2 rings (SSSR count). The van der Waals surface area contributed by atoms with Crippen LogP contribution < -0.4 is 10.2 Å². The molecule has 0 spiro atoms. The largest absolute Gasteiger partial charge is 0.481 e. The Bertz CT molecular complexity index is 485. The van der Waals surface area contributed by atoms with Gasteiger partial charge in [-0.25, -0.2) is 0 Å². The van der Waals surface area contributed by atoms with Crippen molar-refractivity contribution in [2.24, 2.45) is 0 Å². The van der Waals surface area contributed by atoms with Gasteiger partial charge in [-0.05, 0) is 24.6 Å². The number of nitrogens with zero attached hydrogens (tertiary/aromatic N) is 1. The van der Waals surface area contributed by atoms with Crippen LogP contribution in [-0.4, -0.2) is 30.1 Å². The van der Waals surface area contributed by atoms with Crippen LogP contribution in [0.2, 0.25) is 0 Å². The maximum absolute atomic E-state index is 11.6. The van der Waals surface area contributed by atoms with Crippen LogP contribution in [0.4, 0.5) is 11.4 Å². The lowest BCUT2D eigenvalue weighted by Gasteiger charge is -2.23. The fourth-order valence-electron chi connectivity index (χ4n) is 2.04. The third-order valence-corrected chi connectivity index (χ3v) is 2.97. The van der Waals surface area contributed by atoms with Gasteiger partial charge in [0.2, 0.25) is 5.91 Å². The summed E-state index contributed by atoms with van der Waals surface area (Å²) in [5.74, 6) is -0.856. The zero-order chi connectivity index (χ0) is 13.1. The van der Waals surface area contributed by atoms with E-state index in [9.17, 15) is 9.59 Å². The van der Waals surface area contributed by atoms with Crippen LogP contribution in [0, 0.1) is 6.92 Å². The molecule has 0 aliphatic carbocycles. The van der Waals surface area contributed by atoms with Gasteiger partial charge in [0, 0.05) is 19.5 Å². The lowest BCUT2D eigenvalue weighted by molar-refractivity contribution is -0.136. The summed E-state index contributed by atoms with van der Waals surface area (Å²) in [6, 6.07) is 5.77. The molecule has 96 valence electrons. The molecule has 0 radical (unpaired) electrons. The molecule has 1 heterocycles. The smallest absolute Gasteiger partial charge is 0.305 e. The summed E-state index contributed by atoms with van der Waals surface area (Å²) in [6.45, 7) is 2.94. The third kappa shape index (κ3) is 2.80. The summed E-state index contributed by atoms with van der Waals surface area (Å²) in [7, 11) is 0. The van der Waals surface area contributed by atoms with Crippen LogP contribution in [-0.2, 0) is 9.59 Å². The molecule has 0 unspecified atom stereocenters. The van der Waals surface area contributed by atoms with Crippen molar-refractivity contribution in [1.29, 1.82) is 0 Å². The van der Waals surface area contributed by atoms with Crippen molar-refractivity contribution >= 4 is 23.3 Å². The van der Waals surface area contributed by atoms with Gasteiger partial charge in [-0.15, -0.1) is 0 Å². The molecule has 5 heteroatoms. The first-order valence-corrected chi connectivity index (χ1v) is 5.93. The number of nitrogens with one attached hydrogen (secondary N) is 1. The molecule has 1 aliphatic heterocycles. The highest BCUT2D eigenvalue weighted by atomic mass is 16.4. The Morgan fingerprint density at radius 1 is 1.50 bits per heavy atom. The second kappa shape index (κ2) is 5.08.